The highest BCUT2D eigenvalue weighted by Gasteiger charge is 2.07. The fourth-order valence-electron chi connectivity index (χ4n) is 1.63. The number of hydrogen-bond acceptors (Lipinski definition) is 0. The van der Waals surface area contributed by atoms with Crippen LogP contribution in [-0.4, -0.2) is 7.85 Å². The van der Waals surface area contributed by atoms with Gasteiger partial charge in [-0.05, 0) is 24.5 Å². The molecule has 0 unspecified atom stereocenters. The molecule has 1 aromatic carbocycles. The second-order valence-electron chi connectivity index (χ2n) is 3.37. The van der Waals surface area contributed by atoms with E-state index in [9.17, 15) is 0 Å². The van der Waals surface area contributed by atoms with E-state index in [1.54, 1.807) is 0 Å². The van der Waals surface area contributed by atoms with Crippen LogP contribution in [0.5, 0.6) is 0 Å². The van der Waals surface area contributed by atoms with Crippen LogP contribution in [0.1, 0.15) is 16.7 Å². The zero-order chi connectivity index (χ0) is 7.84. The Labute approximate surface area is 68.3 Å². The van der Waals surface area contributed by atoms with E-state index in [1.165, 1.54) is 22.2 Å². The monoisotopic (exact) mass is 142 g/mol. The molecule has 2 rings (SSSR count). The van der Waals surface area contributed by atoms with Gasteiger partial charge in [-0.3, -0.25) is 0 Å². The summed E-state index contributed by atoms with van der Waals surface area (Å²) in [5.41, 5.74) is 5.73. The summed E-state index contributed by atoms with van der Waals surface area (Å²) in [6.45, 7) is 2.14. The predicted octanol–water partition coefficient (Wildman–Crippen LogP) is 1.53. The summed E-state index contributed by atoms with van der Waals surface area (Å²) < 4.78 is 0. The SMILES string of the molecule is BC1=Cc2cc(C)ccc2C1. The van der Waals surface area contributed by atoms with E-state index < -0.39 is 0 Å². The lowest BCUT2D eigenvalue weighted by Crippen LogP contribution is -1.83. The van der Waals surface area contributed by atoms with Crippen molar-refractivity contribution in [3.8, 4) is 0 Å². The van der Waals surface area contributed by atoms with E-state index in [0.29, 0.717) is 0 Å². The van der Waals surface area contributed by atoms with E-state index in [1.807, 2.05) is 0 Å². The van der Waals surface area contributed by atoms with Crippen molar-refractivity contribution in [2.45, 2.75) is 13.3 Å². The average molecular weight is 142 g/mol. The van der Waals surface area contributed by atoms with Gasteiger partial charge in [-0.15, -0.1) is 5.47 Å². The van der Waals surface area contributed by atoms with Crippen molar-refractivity contribution in [3.05, 3.63) is 40.4 Å². The number of benzene rings is 1. The molecule has 0 saturated carbocycles. The van der Waals surface area contributed by atoms with Crippen LogP contribution in [0, 0.1) is 6.92 Å². The van der Waals surface area contributed by atoms with E-state index in [-0.39, 0.29) is 0 Å². The lowest BCUT2D eigenvalue weighted by molar-refractivity contribution is 1.27. The van der Waals surface area contributed by atoms with Gasteiger partial charge < -0.3 is 0 Å². The first-order valence-electron chi connectivity index (χ1n) is 4.02. The first kappa shape index (κ1) is 6.72. The van der Waals surface area contributed by atoms with Crippen molar-refractivity contribution in [3.63, 3.8) is 0 Å². The molecule has 0 saturated heterocycles. The van der Waals surface area contributed by atoms with Gasteiger partial charge >= 0.3 is 0 Å². The van der Waals surface area contributed by atoms with Gasteiger partial charge in [0.05, 0.1) is 0 Å². The molecule has 0 atom stereocenters. The summed E-state index contributed by atoms with van der Waals surface area (Å²) in [5.74, 6) is 0. The standard InChI is InChI=1S/C10H11B/c1-7-2-3-8-5-10(11)6-9(8)4-7/h2-4,6H,5,11H2,1H3. The highest BCUT2D eigenvalue weighted by Crippen LogP contribution is 2.23. The molecule has 0 fully saturated rings. The lowest BCUT2D eigenvalue weighted by Gasteiger charge is -1.98. The fourth-order valence-corrected chi connectivity index (χ4v) is 1.63. The zero-order valence-corrected chi connectivity index (χ0v) is 7.02. The Morgan fingerprint density at radius 2 is 2.18 bits per heavy atom. The second-order valence-corrected chi connectivity index (χ2v) is 3.37. The minimum absolute atomic E-state index is 1.15. The summed E-state index contributed by atoms with van der Waals surface area (Å²) in [5, 5.41) is 0. The van der Waals surface area contributed by atoms with Crippen LogP contribution in [0.3, 0.4) is 0 Å². The topological polar surface area (TPSA) is 0 Å². The third-order valence-electron chi connectivity index (χ3n) is 2.17. The van der Waals surface area contributed by atoms with Crippen LogP contribution in [0.2, 0.25) is 0 Å². The van der Waals surface area contributed by atoms with Gasteiger partial charge in [0, 0.05) is 0 Å². The third kappa shape index (κ3) is 1.11. The molecule has 54 valence electrons. The Morgan fingerprint density at radius 1 is 1.36 bits per heavy atom. The molecule has 0 nitrogen and oxygen atoms in total. The molecule has 11 heavy (non-hydrogen) atoms. The Bertz CT molecular complexity index is 324. The maximum Gasteiger partial charge on any atom is 0.134 e. The van der Waals surface area contributed by atoms with Crippen molar-refractivity contribution in [2.75, 3.05) is 0 Å². The van der Waals surface area contributed by atoms with Gasteiger partial charge in [0.25, 0.3) is 0 Å². The number of rotatable bonds is 0. The summed E-state index contributed by atoms with van der Waals surface area (Å²) in [7, 11) is 2.19. The van der Waals surface area contributed by atoms with Gasteiger partial charge in [-0.1, -0.05) is 29.8 Å². The lowest BCUT2D eigenvalue weighted by atomic mass is 9.94. The normalized spacial score (nSPS) is 14.5. The Hall–Kier alpha value is -0.975. The molecule has 0 N–H and O–H groups in total. The fraction of sp³-hybridized carbons (Fsp3) is 0.200. The van der Waals surface area contributed by atoms with E-state index >= 15 is 0 Å². The molecular formula is C10H11B. The minimum Gasteiger partial charge on any atom is -0.105 e. The van der Waals surface area contributed by atoms with Crippen molar-refractivity contribution in [1.29, 1.82) is 0 Å². The number of fused-ring (bicyclic) bond motifs is 1. The largest absolute Gasteiger partial charge is 0.134 e. The third-order valence-corrected chi connectivity index (χ3v) is 2.17. The summed E-state index contributed by atoms with van der Waals surface area (Å²) in [6, 6.07) is 6.68. The van der Waals surface area contributed by atoms with E-state index in [0.717, 1.165) is 6.42 Å². The smallest absolute Gasteiger partial charge is 0.105 e. The molecule has 0 heterocycles. The van der Waals surface area contributed by atoms with Gasteiger partial charge in [-0.2, -0.15) is 0 Å². The van der Waals surface area contributed by atoms with Crippen LogP contribution >= 0.6 is 0 Å². The summed E-state index contributed by atoms with van der Waals surface area (Å²) in [6.07, 6.45) is 3.43. The van der Waals surface area contributed by atoms with Crippen LogP contribution in [0.25, 0.3) is 6.08 Å². The van der Waals surface area contributed by atoms with Gasteiger partial charge in [0.15, 0.2) is 0 Å². The quantitative estimate of drug-likeness (QED) is 0.482. The van der Waals surface area contributed by atoms with Crippen LogP contribution in [0.15, 0.2) is 23.7 Å². The molecule has 0 spiro atoms. The molecule has 0 bridgehead atoms. The highest BCUT2D eigenvalue weighted by molar-refractivity contribution is 6.24. The molecule has 0 amide bonds. The van der Waals surface area contributed by atoms with E-state index in [4.69, 9.17) is 0 Å². The van der Waals surface area contributed by atoms with Gasteiger partial charge in [-0.25, -0.2) is 0 Å². The molecular weight excluding hydrogens is 131 g/mol. The Balaban J connectivity index is 2.54. The van der Waals surface area contributed by atoms with Crippen molar-refractivity contribution < 1.29 is 0 Å². The molecule has 1 aliphatic carbocycles. The summed E-state index contributed by atoms with van der Waals surface area (Å²) >= 11 is 0. The van der Waals surface area contributed by atoms with Crippen LogP contribution < -0.4 is 0 Å². The van der Waals surface area contributed by atoms with Crippen molar-refractivity contribution >= 4 is 13.9 Å². The van der Waals surface area contributed by atoms with Gasteiger partial charge in [0.1, 0.15) is 7.85 Å². The van der Waals surface area contributed by atoms with Crippen molar-refractivity contribution in [1.82, 2.24) is 0 Å². The van der Waals surface area contributed by atoms with Crippen molar-refractivity contribution in [2.24, 2.45) is 0 Å². The zero-order valence-electron chi connectivity index (χ0n) is 7.02. The molecule has 0 aromatic heterocycles. The molecule has 1 heteroatoms. The molecule has 0 aliphatic heterocycles. The first-order chi connectivity index (χ1) is 5.25. The summed E-state index contributed by atoms with van der Waals surface area (Å²) in [4.78, 5) is 0. The average Bonchev–Trinajstić information content (AvgIpc) is 2.27. The highest BCUT2D eigenvalue weighted by atomic mass is 14.1. The predicted molar refractivity (Wildman–Crippen MR) is 51.4 cm³/mol. The first-order valence-corrected chi connectivity index (χ1v) is 4.02. The molecule has 1 aliphatic rings. The minimum atomic E-state index is 1.15. The number of hydrogen-bond donors (Lipinski definition) is 0. The molecule has 1 aromatic rings. The molecule has 0 radical (unpaired) electrons. The Kier molecular flexibility index (Phi) is 1.38. The maximum absolute atomic E-state index is 2.28. The van der Waals surface area contributed by atoms with Crippen LogP contribution in [-0.2, 0) is 6.42 Å². The van der Waals surface area contributed by atoms with Gasteiger partial charge in [0.2, 0.25) is 0 Å². The van der Waals surface area contributed by atoms with E-state index in [2.05, 4.69) is 39.0 Å². The number of allylic oxidation sites excluding steroid dienone is 1. The number of aryl methyl sites for hydroxylation is 1. The maximum atomic E-state index is 2.28. The van der Waals surface area contributed by atoms with Crippen LogP contribution in [0.4, 0.5) is 0 Å². The second kappa shape index (κ2) is 2.26. The Morgan fingerprint density at radius 3 is 3.00 bits per heavy atom.